The van der Waals surface area contributed by atoms with Crippen LogP contribution >= 0.6 is 11.6 Å². The molecule has 3 rings (SSSR count). The van der Waals surface area contributed by atoms with E-state index < -0.39 is 21.8 Å². The van der Waals surface area contributed by atoms with E-state index in [0.717, 1.165) is 25.7 Å². The summed E-state index contributed by atoms with van der Waals surface area (Å²) in [5, 5.41) is 9.97. The van der Waals surface area contributed by atoms with Crippen LogP contribution in [0.1, 0.15) is 46.4 Å². The fraction of sp³-hybridized carbons (Fsp3) is 0.263. The van der Waals surface area contributed by atoms with E-state index in [1.807, 2.05) is 0 Å². The fourth-order valence-corrected chi connectivity index (χ4v) is 4.60. The Labute approximate surface area is 173 Å². The van der Waals surface area contributed by atoms with Crippen molar-refractivity contribution in [1.82, 2.24) is 15.6 Å². The summed E-state index contributed by atoms with van der Waals surface area (Å²) in [4.78, 5) is 24.4. The van der Waals surface area contributed by atoms with Crippen molar-refractivity contribution in [1.29, 1.82) is 0 Å². The van der Waals surface area contributed by atoms with Gasteiger partial charge in [0.05, 0.1) is 10.5 Å². The van der Waals surface area contributed by atoms with Crippen LogP contribution in [0.2, 0.25) is 5.02 Å². The molecule has 1 aliphatic rings. The Balaban J connectivity index is 1.67. The number of amides is 2. The largest absolute Gasteiger partial charge is 0.507 e. The molecule has 0 saturated heterocycles. The second-order valence-electron chi connectivity index (χ2n) is 6.70. The highest BCUT2D eigenvalue weighted by Crippen LogP contribution is 2.22. The van der Waals surface area contributed by atoms with Gasteiger partial charge in [-0.05, 0) is 49.2 Å². The summed E-state index contributed by atoms with van der Waals surface area (Å²) in [6.45, 7) is 0. The fourth-order valence-electron chi connectivity index (χ4n) is 3.08. The molecule has 29 heavy (non-hydrogen) atoms. The number of hydrogen-bond acceptors (Lipinski definition) is 5. The molecular formula is C19H20ClN3O5S. The van der Waals surface area contributed by atoms with Crippen LogP contribution in [-0.4, -0.2) is 31.4 Å². The Kier molecular flexibility index (Phi) is 6.41. The number of benzene rings is 2. The molecule has 10 heteroatoms. The Morgan fingerprint density at radius 3 is 2.41 bits per heavy atom. The monoisotopic (exact) mass is 437 g/mol. The van der Waals surface area contributed by atoms with Gasteiger partial charge in [0.15, 0.2) is 0 Å². The van der Waals surface area contributed by atoms with Gasteiger partial charge in [0, 0.05) is 16.6 Å². The molecule has 154 valence electrons. The highest BCUT2D eigenvalue weighted by molar-refractivity contribution is 7.89. The van der Waals surface area contributed by atoms with Crippen molar-refractivity contribution in [3.63, 3.8) is 0 Å². The molecule has 0 aliphatic heterocycles. The van der Waals surface area contributed by atoms with E-state index in [9.17, 15) is 23.1 Å². The van der Waals surface area contributed by atoms with E-state index in [1.54, 1.807) is 0 Å². The zero-order valence-electron chi connectivity index (χ0n) is 15.3. The quantitative estimate of drug-likeness (QED) is 0.534. The van der Waals surface area contributed by atoms with Gasteiger partial charge in [-0.15, -0.1) is 0 Å². The number of hydrazine groups is 1. The number of aromatic hydroxyl groups is 1. The highest BCUT2D eigenvalue weighted by Gasteiger charge is 2.23. The van der Waals surface area contributed by atoms with Gasteiger partial charge in [0.25, 0.3) is 11.8 Å². The van der Waals surface area contributed by atoms with Crippen molar-refractivity contribution in [3.8, 4) is 5.75 Å². The molecule has 0 atom stereocenters. The Morgan fingerprint density at radius 2 is 1.69 bits per heavy atom. The summed E-state index contributed by atoms with van der Waals surface area (Å²) in [6, 6.07) is 9.33. The molecule has 0 radical (unpaired) electrons. The van der Waals surface area contributed by atoms with Crippen LogP contribution < -0.4 is 15.6 Å². The lowest BCUT2D eigenvalue weighted by atomic mass is 10.2. The second-order valence-corrected chi connectivity index (χ2v) is 8.85. The number of phenolic OH excluding ortho intramolecular Hbond substituents is 1. The highest BCUT2D eigenvalue weighted by atomic mass is 35.5. The predicted molar refractivity (Wildman–Crippen MR) is 107 cm³/mol. The van der Waals surface area contributed by atoms with Crippen LogP contribution in [0.4, 0.5) is 0 Å². The van der Waals surface area contributed by atoms with Crippen LogP contribution in [0.15, 0.2) is 47.4 Å². The third kappa shape index (κ3) is 5.26. The van der Waals surface area contributed by atoms with Gasteiger partial charge in [0.1, 0.15) is 5.75 Å². The molecule has 0 unspecified atom stereocenters. The van der Waals surface area contributed by atoms with Gasteiger partial charge in [-0.25, -0.2) is 13.1 Å². The topological polar surface area (TPSA) is 125 Å². The maximum absolute atomic E-state index is 12.5. The van der Waals surface area contributed by atoms with Gasteiger partial charge in [0.2, 0.25) is 10.0 Å². The van der Waals surface area contributed by atoms with E-state index in [4.69, 9.17) is 11.6 Å². The number of phenols is 1. The average molecular weight is 438 g/mol. The minimum Gasteiger partial charge on any atom is -0.507 e. The number of sulfonamides is 1. The maximum Gasteiger partial charge on any atom is 0.273 e. The van der Waals surface area contributed by atoms with Crippen LogP contribution in [0.3, 0.4) is 0 Å². The molecule has 2 amide bonds. The average Bonchev–Trinajstić information content (AvgIpc) is 3.20. The first-order valence-electron chi connectivity index (χ1n) is 8.98. The van der Waals surface area contributed by atoms with Gasteiger partial charge in [-0.3, -0.25) is 20.4 Å². The molecule has 0 bridgehead atoms. The van der Waals surface area contributed by atoms with Crippen LogP contribution in [0.25, 0.3) is 0 Å². The van der Waals surface area contributed by atoms with E-state index in [2.05, 4.69) is 15.6 Å². The van der Waals surface area contributed by atoms with Crippen molar-refractivity contribution in [2.24, 2.45) is 0 Å². The molecule has 2 aromatic rings. The molecule has 1 aliphatic carbocycles. The first kappa shape index (κ1) is 21.1. The molecule has 4 N–H and O–H groups in total. The molecule has 0 aromatic heterocycles. The molecule has 1 saturated carbocycles. The van der Waals surface area contributed by atoms with E-state index in [1.165, 1.54) is 42.5 Å². The van der Waals surface area contributed by atoms with Crippen molar-refractivity contribution >= 4 is 33.4 Å². The zero-order valence-corrected chi connectivity index (χ0v) is 16.9. The standard InChI is InChI=1S/C19H20ClN3O5S/c20-13-8-9-17(24)16(11-13)19(26)22-21-18(25)12-4-3-7-15(10-12)29(27,28)23-14-5-1-2-6-14/h3-4,7-11,14,23-24H,1-2,5-6H2,(H,21,25)(H,22,26). The SMILES string of the molecule is O=C(NNC(=O)c1cc(Cl)ccc1O)c1cccc(S(=O)(=O)NC2CCCC2)c1. The Morgan fingerprint density at radius 1 is 1.00 bits per heavy atom. The molecule has 8 nitrogen and oxygen atoms in total. The normalized spacial score (nSPS) is 14.5. The van der Waals surface area contributed by atoms with Crippen LogP contribution in [0, 0.1) is 0 Å². The lowest BCUT2D eigenvalue weighted by molar-refractivity contribution is 0.0845. The van der Waals surface area contributed by atoms with Gasteiger partial charge in [-0.1, -0.05) is 30.5 Å². The molecular weight excluding hydrogens is 418 g/mol. The van der Waals surface area contributed by atoms with Crippen molar-refractivity contribution < 1.29 is 23.1 Å². The van der Waals surface area contributed by atoms with Gasteiger partial charge < -0.3 is 5.11 Å². The summed E-state index contributed by atoms with van der Waals surface area (Å²) >= 11 is 5.80. The van der Waals surface area contributed by atoms with E-state index >= 15 is 0 Å². The summed E-state index contributed by atoms with van der Waals surface area (Å²) in [5.74, 6) is -1.78. The molecule has 0 heterocycles. The van der Waals surface area contributed by atoms with Crippen molar-refractivity contribution in [3.05, 3.63) is 58.6 Å². The smallest absolute Gasteiger partial charge is 0.273 e. The van der Waals surface area contributed by atoms with E-state index in [0.29, 0.717) is 0 Å². The minimum atomic E-state index is -3.75. The lowest BCUT2D eigenvalue weighted by Gasteiger charge is -2.13. The summed E-state index contributed by atoms with van der Waals surface area (Å²) < 4.78 is 27.7. The Bertz CT molecular complexity index is 1040. The summed E-state index contributed by atoms with van der Waals surface area (Å²) in [7, 11) is -3.75. The summed E-state index contributed by atoms with van der Waals surface area (Å²) in [5.41, 5.74) is 4.28. The molecule has 1 fully saturated rings. The number of carbonyl (C=O) groups excluding carboxylic acids is 2. The first-order chi connectivity index (χ1) is 13.8. The lowest BCUT2D eigenvalue weighted by Crippen LogP contribution is -2.41. The van der Waals surface area contributed by atoms with Gasteiger partial charge in [-0.2, -0.15) is 0 Å². The van der Waals surface area contributed by atoms with Crippen molar-refractivity contribution in [2.75, 3.05) is 0 Å². The Hall–Kier alpha value is -2.62. The minimum absolute atomic E-state index is 0.0316. The summed E-state index contributed by atoms with van der Waals surface area (Å²) in [6.07, 6.45) is 3.55. The van der Waals surface area contributed by atoms with Crippen molar-refractivity contribution in [2.45, 2.75) is 36.6 Å². The third-order valence-corrected chi connectivity index (χ3v) is 6.33. The molecule has 0 spiro atoms. The zero-order chi connectivity index (χ0) is 21.0. The number of hydrogen-bond donors (Lipinski definition) is 4. The number of rotatable bonds is 5. The second kappa shape index (κ2) is 8.81. The van der Waals surface area contributed by atoms with Gasteiger partial charge >= 0.3 is 0 Å². The number of nitrogens with one attached hydrogen (secondary N) is 3. The maximum atomic E-state index is 12.5. The molecule has 2 aromatic carbocycles. The van der Waals surface area contributed by atoms with E-state index in [-0.39, 0.29) is 32.8 Å². The van der Waals surface area contributed by atoms with Crippen LogP contribution in [-0.2, 0) is 10.0 Å². The predicted octanol–water partition coefficient (Wildman–Crippen LogP) is 2.34. The van der Waals surface area contributed by atoms with Crippen LogP contribution in [0.5, 0.6) is 5.75 Å². The third-order valence-electron chi connectivity index (χ3n) is 4.58. The first-order valence-corrected chi connectivity index (χ1v) is 10.8. The number of carbonyl (C=O) groups is 2. The number of halogens is 1.